The summed E-state index contributed by atoms with van der Waals surface area (Å²) in [7, 11) is 2.50. The van der Waals surface area contributed by atoms with Crippen molar-refractivity contribution in [2.24, 2.45) is 4.99 Å². The van der Waals surface area contributed by atoms with Crippen molar-refractivity contribution in [1.29, 1.82) is 0 Å². The molecular weight excluding hydrogens is 358 g/mol. The van der Waals surface area contributed by atoms with Gasteiger partial charge in [0.05, 0.1) is 13.2 Å². The van der Waals surface area contributed by atoms with Crippen molar-refractivity contribution >= 4 is 16.8 Å². The zero-order chi connectivity index (χ0) is 19.6. The minimum atomic E-state index is -0.912. The fraction of sp³-hybridized carbons (Fsp3) is 0.381. The molecule has 0 saturated carbocycles. The normalized spacial score (nSPS) is 13.7. The number of hydrogen-bond acceptors (Lipinski definition) is 3. The predicted molar refractivity (Wildman–Crippen MR) is 114 cm³/mol. The second-order valence-corrected chi connectivity index (χ2v) is 7.96. The van der Waals surface area contributed by atoms with Gasteiger partial charge in [-0.1, -0.05) is 48.0 Å². The Morgan fingerprint density at radius 3 is 2.63 bits per heavy atom. The smallest absolute Gasteiger partial charge is 0.191 e. The van der Waals surface area contributed by atoms with E-state index in [0.29, 0.717) is 24.0 Å². The van der Waals surface area contributed by atoms with Gasteiger partial charge in [0.15, 0.2) is 5.96 Å². The molecule has 0 aromatic heterocycles. The standard InChI is InChI=1S/C21H29N3O2S/c1-16-10-11-20(26-4)19(14-16)17(2)24-21(22-3)23-12-13-27(25)15-18-8-6-5-7-9-18/h5-11,14,17H,12-13,15H2,1-4H3,(H2,22,23,24). The summed E-state index contributed by atoms with van der Waals surface area (Å²) in [4.78, 5) is 4.27. The number of methoxy groups -OCH3 is 1. The van der Waals surface area contributed by atoms with Crippen molar-refractivity contribution in [3.8, 4) is 5.75 Å². The van der Waals surface area contributed by atoms with Crippen LogP contribution in [0.25, 0.3) is 0 Å². The lowest BCUT2D eigenvalue weighted by Crippen LogP contribution is -2.40. The minimum absolute atomic E-state index is 0.0286. The molecule has 6 heteroatoms. The molecule has 0 radical (unpaired) electrons. The lowest BCUT2D eigenvalue weighted by Gasteiger charge is -2.20. The number of nitrogens with zero attached hydrogens (tertiary/aromatic N) is 1. The molecule has 0 heterocycles. The van der Waals surface area contributed by atoms with Crippen LogP contribution in [0.15, 0.2) is 53.5 Å². The molecule has 2 rings (SSSR count). The van der Waals surface area contributed by atoms with Crippen LogP contribution in [-0.4, -0.2) is 36.6 Å². The van der Waals surface area contributed by atoms with Crippen molar-refractivity contribution in [2.75, 3.05) is 26.5 Å². The van der Waals surface area contributed by atoms with E-state index in [1.807, 2.05) is 42.5 Å². The number of ether oxygens (including phenoxy) is 1. The third-order valence-electron chi connectivity index (χ3n) is 4.22. The number of guanidine groups is 1. The number of aliphatic imine (C=N–C) groups is 1. The first-order valence-corrected chi connectivity index (χ1v) is 10.5. The lowest BCUT2D eigenvalue weighted by atomic mass is 10.0. The van der Waals surface area contributed by atoms with Crippen molar-refractivity contribution in [3.05, 3.63) is 65.2 Å². The van der Waals surface area contributed by atoms with E-state index >= 15 is 0 Å². The summed E-state index contributed by atoms with van der Waals surface area (Å²) in [5.74, 6) is 2.67. The first-order chi connectivity index (χ1) is 13.0. The molecule has 2 aromatic carbocycles. The lowest BCUT2D eigenvalue weighted by molar-refractivity contribution is 0.405. The van der Waals surface area contributed by atoms with Crippen LogP contribution in [0.3, 0.4) is 0 Å². The van der Waals surface area contributed by atoms with Gasteiger partial charge >= 0.3 is 0 Å². The Balaban J connectivity index is 1.85. The van der Waals surface area contributed by atoms with E-state index in [-0.39, 0.29) is 6.04 Å². The van der Waals surface area contributed by atoms with Crippen LogP contribution in [0.2, 0.25) is 0 Å². The molecule has 2 N–H and O–H groups in total. The maximum Gasteiger partial charge on any atom is 0.191 e. The summed E-state index contributed by atoms with van der Waals surface area (Å²) >= 11 is 0. The second kappa shape index (κ2) is 10.7. The van der Waals surface area contributed by atoms with Gasteiger partial charge < -0.3 is 15.4 Å². The fourth-order valence-corrected chi connectivity index (χ4v) is 3.82. The Morgan fingerprint density at radius 1 is 1.22 bits per heavy atom. The Labute approximate surface area is 164 Å². The number of hydrogen-bond donors (Lipinski definition) is 2. The molecule has 27 heavy (non-hydrogen) atoms. The topological polar surface area (TPSA) is 62.7 Å². The van der Waals surface area contributed by atoms with E-state index in [1.165, 1.54) is 5.56 Å². The van der Waals surface area contributed by atoms with E-state index in [1.54, 1.807) is 14.2 Å². The Kier molecular flexibility index (Phi) is 8.33. The quantitative estimate of drug-likeness (QED) is 0.539. The van der Waals surface area contributed by atoms with E-state index in [2.05, 4.69) is 35.5 Å². The highest BCUT2D eigenvalue weighted by molar-refractivity contribution is 7.84. The van der Waals surface area contributed by atoms with Crippen molar-refractivity contribution in [3.63, 3.8) is 0 Å². The molecule has 2 unspecified atom stereocenters. The molecule has 5 nitrogen and oxygen atoms in total. The van der Waals surface area contributed by atoms with Gasteiger partial charge in [0.1, 0.15) is 5.75 Å². The molecule has 146 valence electrons. The van der Waals surface area contributed by atoms with Crippen LogP contribution in [-0.2, 0) is 16.6 Å². The van der Waals surface area contributed by atoms with Crippen molar-refractivity contribution in [1.82, 2.24) is 10.6 Å². The zero-order valence-corrected chi connectivity index (χ0v) is 17.3. The van der Waals surface area contributed by atoms with E-state index in [9.17, 15) is 4.21 Å². The summed E-state index contributed by atoms with van der Waals surface area (Å²) in [6.45, 7) is 4.72. The van der Waals surface area contributed by atoms with Gasteiger partial charge in [-0.25, -0.2) is 0 Å². The Morgan fingerprint density at radius 2 is 1.96 bits per heavy atom. The van der Waals surface area contributed by atoms with Gasteiger partial charge in [0, 0.05) is 41.5 Å². The molecule has 0 aliphatic rings. The first kappa shape index (κ1) is 21.0. The monoisotopic (exact) mass is 387 g/mol. The highest BCUT2D eigenvalue weighted by atomic mass is 32.2. The summed E-state index contributed by atoms with van der Waals surface area (Å²) in [5, 5.41) is 6.61. The summed E-state index contributed by atoms with van der Waals surface area (Å²) in [6.07, 6.45) is 0. The van der Waals surface area contributed by atoms with Gasteiger partial charge in [-0.05, 0) is 25.5 Å². The minimum Gasteiger partial charge on any atom is -0.496 e. The summed E-state index contributed by atoms with van der Waals surface area (Å²) in [5.41, 5.74) is 3.35. The third-order valence-corrected chi connectivity index (χ3v) is 5.54. The van der Waals surface area contributed by atoms with Gasteiger partial charge in [0.25, 0.3) is 0 Å². The van der Waals surface area contributed by atoms with E-state index in [4.69, 9.17) is 4.74 Å². The molecule has 0 aliphatic heterocycles. The predicted octanol–water partition coefficient (Wildman–Crippen LogP) is 3.18. The SMILES string of the molecule is CN=C(NCCS(=O)Cc1ccccc1)NC(C)c1cc(C)ccc1OC. The number of benzene rings is 2. The number of rotatable bonds is 8. The molecule has 0 aliphatic carbocycles. The Bertz CT molecular complexity index is 778. The number of aryl methyl sites for hydroxylation is 1. The first-order valence-electron chi connectivity index (χ1n) is 9.04. The van der Waals surface area contributed by atoms with Crippen LogP contribution in [0.1, 0.15) is 29.7 Å². The highest BCUT2D eigenvalue weighted by Crippen LogP contribution is 2.25. The van der Waals surface area contributed by atoms with Gasteiger partial charge in [-0.2, -0.15) is 0 Å². The maximum atomic E-state index is 12.2. The van der Waals surface area contributed by atoms with Crippen molar-refractivity contribution in [2.45, 2.75) is 25.6 Å². The van der Waals surface area contributed by atoms with Crippen LogP contribution in [0.5, 0.6) is 5.75 Å². The summed E-state index contributed by atoms with van der Waals surface area (Å²) < 4.78 is 17.7. The zero-order valence-electron chi connectivity index (χ0n) is 16.5. The molecule has 0 fully saturated rings. The molecular formula is C21H29N3O2S. The molecule has 0 spiro atoms. The van der Waals surface area contributed by atoms with Gasteiger partial charge in [-0.15, -0.1) is 0 Å². The maximum absolute atomic E-state index is 12.2. The average Bonchev–Trinajstić information content (AvgIpc) is 2.67. The largest absolute Gasteiger partial charge is 0.496 e. The van der Waals surface area contributed by atoms with E-state index in [0.717, 1.165) is 16.9 Å². The van der Waals surface area contributed by atoms with Crippen LogP contribution in [0.4, 0.5) is 0 Å². The molecule has 0 amide bonds. The summed E-state index contributed by atoms with van der Waals surface area (Å²) in [6, 6.07) is 16.1. The molecule has 0 bridgehead atoms. The van der Waals surface area contributed by atoms with Crippen LogP contribution in [0, 0.1) is 6.92 Å². The fourth-order valence-electron chi connectivity index (χ4n) is 2.79. The molecule has 0 saturated heterocycles. The molecule has 2 aromatic rings. The molecule has 2 atom stereocenters. The Hall–Kier alpha value is -2.34. The highest BCUT2D eigenvalue weighted by Gasteiger charge is 2.13. The average molecular weight is 388 g/mol. The van der Waals surface area contributed by atoms with Gasteiger partial charge in [-0.3, -0.25) is 9.20 Å². The van der Waals surface area contributed by atoms with Gasteiger partial charge in [0.2, 0.25) is 0 Å². The van der Waals surface area contributed by atoms with Crippen molar-refractivity contribution < 1.29 is 8.95 Å². The second-order valence-electron chi connectivity index (χ2n) is 6.38. The van der Waals surface area contributed by atoms with Crippen LogP contribution < -0.4 is 15.4 Å². The number of nitrogens with one attached hydrogen (secondary N) is 2. The van der Waals surface area contributed by atoms with E-state index < -0.39 is 10.8 Å². The third kappa shape index (κ3) is 6.71. The van der Waals surface area contributed by atoms with Crippen LogP contribution >= 0.6 is 0 Å².